The highest BCUT2D eigenvalue weighted by molar-refractivity contribution is 6.30. The van der Waals surface area contributed by atoms with Crippen LogP contribution in [-0.4, -0.2) is 41.2 Å². The van der Waals surface area contributed by atoms with Crippen LogP contribution in [0.5, 0.6) is 5.75 Å². The summed E-state index contributed by atoms with van der Waals surface area (Å²) >= 11 is 5.87. The molecular formula is C15H18ClNO3. The normalized spacial score (nSPS) is 20.4. The molecule has 1 saturated heterocycles. The Labute approximate surface area is 123 Å². The highest BCUT2D eigenvalue weighted by Crippen LogP contribution is 2.44. The van der Waals surface area contributed by atoms with Crippen molar-refractivity contribution in [3.63, 3.8) is 0 Å². The number of hydrogen-bond donors (Lipinski definition) is 1. The van der Waals surface area contributed by atoms with Gasteiger partial charge in [-0.15, -0.1) is 0 Å². The van der Waals surface area contributed by atoms with Gasteiger partial charge in [0.1, 0.15) is 11.4 Å². The summed E-state index contributed by atoms with van der Waals surface area (Å²) in [7, 11) is 0. The minimum atomic E-state index is -0.633. The first kappa shape index (κ1) is 13.7. The van der Waals surface area contributed by atoms with Crippen molar-refractivity contribution in [3.8, 4) is 5.75 Å². The van der Waals surface area contributed by atoms with Crippen LogP contribution in [0.2, 0.25) is 5.02 Å². The Morgan fingerprint density at radius 2 is 2.20 bits per heavy atom. The Kier molecular flexibility index (Phi) is 3.38. The van der Waals surface area contributed by atoms with Gasteiger partial charge in [-0.1, -0.05) is 11.6 Å². The molecule has 0 spiro atoms. The molecular weight excluding hydrogens is 278 g/mol. The number of aryl methyl sites for hydroxylation is 1. The van der Waals surface area contributed by atoms with E-state index in [4.69, 9.17) is 16.3 Å². The Hall–Kier alpha value is -1.26. The van der Waals surface area contributed by atoms with Crippen molar-refractivity contribution in [2.45, 2.75) is 25.4 Å². The van der Waals surface area contributed by atoms with Gasteiger partial charge < -0.3 is 14.7 Å². The number of likely N-dealkylation sites (tertiary alicyclic amines) is 1. The van der Waals surface area contributed by atoms with Crippen LogP contribution >= 0.6 is 11.6 Å². The molecule has 20 heavy (non-hydrogen) atoms. The van der Waals surface area contributed by atoms with Crippen LogP contribution in [-0.2, 0) is 4.79 Å². The van der Waals surface area contributed by atoms with E-state index in [9.17, 15) is 9.90 Å². The molecule has 1 aliphatic carbocycles. The Bertz CT molecular complexity index is 536. The maximum atomic E-state index is 12.0. The number of nitrogens with zero attached hydrogens (tertiary/aromatic N) is 1. The number of benzene rings is 1. The standard InChI is InChI=1S/C15H18ClNO3/c1-10-6-12(16)4-5-13(10)20-7-14(18)17-8-15(19,9-17)11-2-3-11/h4-6,11,19H,2-3,7-9H2,1H3. The molecule has 108 valence electrons. The van der Waals surface area contributed by atoms with Crippen LogP contribution in [0.3, 0.4) is 0 Å². The van der Waals surface area contributed by atoms with Gasteiger partial charge in [-0.2, -0.15) is 0 Å². The first-order chi connectivity index (χ1) is 9.48. The van der Waals surface area contributed by atoms with E-state index in [0.29, 0.717) is 29.8 Å². The molecule has 0 bridgehead atoms. The Balaban J connectivity index is 1.50. The summed E-state index contributed by atoms with van der Waals surface area (Å²) in [6.45, 7) is 2.78. The third-order valence-electron chi connectivity index (χ3n) is 4.11. The molecule has 4 nitrogen and oxygen atoms in total. The average Bonchev–Trinajstić information content (AvgIpc) is 3.18. The summed E-state index contributed by atoms with van der Waals surface area (Å²) in [4.78, 5) is 13.6. The minimum absolute atomic E-state index is 0.00319. The number of rotatable bonds is 4. The van der Waals surface area contributed by atoms with Crippen LogP contribution in [0.25, 0.3) is 0 Å². The van der Waals surface area contributed by atoms with Crippen molar-refractivity contribution in [1.29, 1.82) is 0 Å². The lowest BCUT2D eigenvalue weighted by molar-refractivity contribution is -0.161. The summed E-state index contributed by atoms with van der Waals surface area (Å²) in [6.07, 6.45) is 2.16. The number of carbonyl (C=O) groups is 1. The minimum Gasteiger partial charge on any atom is -0.483 e. The van der Waals surface area contributed by atoms with Crippen molar-refractivity contribution in [2.75, 3.05) is 19.7 Å². The number of halogens is 1. The van der Waals surface area contributed by atoms with Gasteiger partial charge in [0, 0.05) is 5.02 Å². The lowest BCUT2D eigenvalue weighted by atomic mass is 9.89. The van der Waals surface area contributed by atoms with E-state index in [0.717, 1.165) is 18.4 Å². The zero-order chi connectivity index (χ0) is 14.3. The summed E-state index contributed by atoms with van der Waals surface area (Å²) in [5.41, 5.74) is 0.273. The first-order valence-corrected chi connectivity index (χ1v) is 7.25. The first-order valence-electron chi connectivity index (χ1n) is 6.87. The van der Waals surface area contributed by atoms with Crippen LogP contribution in [0.1, 0.15) is 18.4 Å². The number of hydrogen-bond acceptors (Lipinski definition) is 3. The fourth-order valence-electron chi connectivity index (χ4n) is 2.68. The van der Waals surface area contributed by atoms with Crippen molar-refractivity contribution in [2.24, 2.45) is 5.92 Å². The molecule has 2 aliphatic rings. The summed E-state index contributed by atoms with van der Waals surface area (Å²) in [6, 6.07) is 5.31. The molecule has 0 atom stereocenters. The third-order valence-corrected chi connectivity index (χ3v) is 4.34. The molecule has 1 N–H and O–H groups in total. The third kappa shape index (κ3) is 2.63. The van der Waals surface area contributed by atoms with Gasteiger partial charge in [-0.25, -0.2) is 0 Å². The fraction of sp³-hybridized carbons (Fsp3) is 0.533. The molecule has 0 unspecified atom stereocenters. The molecule has 1 aliphatic heterocycles. The number of amides is 1. The highest BCUT2D eigenvalue weighted by Gasteiger charge is 2.53. The lowest BCUT2D eigenvalue weighted by Gasteiger charge is -2.46. The van der Waals surface area contributed by atoms with Gasteiger partial charge >= 0.3 is 0 Å². The van der Waals surface area contributed by atoms with Gasteiger partial charge in [0.15, 0.2) is 6.61 Å². The zero-order valence-corrected chi connectivity index (χ0v) is 12.2. The van der Waals surface area contributed by atoms with Gasteiger partial charge in [-0.05, 0) is 49.4 Å². The van der Waals surface area contributed by atoms with Gasteiger partial charge in [0.2, 0.25) is 0 Å². The van der Waals surface area contributed by atoms with Crippen LogP contribution in [0, 0.1) is 12.8 Å². The Morgan fingerprint density at radius 1 is 1.50 bits per heavy atom. The molecule has 5 heteroatoms. The van der Waals surface area contributed by atoms with Crippen molar-refractivity contribution in [3.05, 3.63) is 28.8 Å². The van der Waals surface area contributed by atoms with Gasteiger partial charge in [0.25, 0.3) is 5.91 Å². The molecule has 1 amide bonds. The topological polar surface area (TPSA) is 49.8 Å². The fourth-order valence-corrected chi connectivity index (χ4v) is 2.90. The van der Waals surface area contributed by atoms with E-state index >= 15 is 0 Å². The van der Waals surface area contributed by atoms with Crippen molar-refractivity contribution < 1.29 is 14.6 Å². The Morgan fingerprint density at radius 3 is 2.80 bits per heavy atom. The van der Waals surface area contributed by atoms with Gasteiger partial charge in [-0.3, -0.25) is 4.79 Å². The second kappa shape index (κ2) is 4.93. The van der Waals surface area contributed by atoms with E-state index in [2.05, 4.69) is 0 Å². The molecule has 1 saturated carbocycles. The number of aliphatic hydroxyl groups is 1. The summed E-state index contributed by atoms with van der Waals surface area (Å²) < 4.78 is 5.52. The van der Waals surface area contributed by atoms with Crippen molar-refractivity contribution in [1.82, 2.24) is 4.90 Å². The summed E-state index contributed by atoms with van der Waals surface area (Å²) in [5.74, 6) is 0.983. The average molecular weight is 296 g/mol. The molecule has 1 aromatic rings. The van der Waals surface area contributed by atoms with E-state index in [1.54, 1.807) is 23.1 Å². The largest absolute Gasteiger partial charge is 0.483 e. The molecule has 0 radical (unpaired) electrons. The van der Waals surface area contributed by atoms with Crippen LogP contribution in [0.4, 0.5) is 0 Å². The maximum Gasteiger partial charge on any atom is 0.260 e. The predicted octanol–water partition coefficient (Wildman–Crippen LogP) is 2.01. The van der Waals surface area contributed by atoms with E-state index in [-0.39, 0.29) is 12.5 Å². The van der Waals surface area contributed by atoms with E-state index in [1.165, 1.54) is 0 Å². The quantitative estimate of drug-likeness (QED) is 0.924. The molecule has 1 aromatic carbocycles. The predicted molar refractivity (Wildman–Crippen MR) is 75.9 cm³/mol. The number of β-amino-alcohol motifs (C(OH)–C–C–N with tert-alkyl or cyclic N) is 1. The van der Waals surface area contributed by atoms with Crippen molar-refractivity contribution >= 4 is 17.5 Å². The second-order valence-electron chi connectivity index (χ2n) is 5.83. The lowest BCUT2D eigenvalue weighted by Crippen LogP contribution is -2.65. The zero-order valence-electron chi connectivity index (χ0n) is 11.4. The molecule has 3 rings (SSSR count). The van der Waals surface area contributed by atoms with E-state index in [1.807, 2.05) is 6.92 Å². The van der Waals surface area contributed by atoms with E-state index < -0.39 is 5.60 Å². The number of carbonyl (C=O) groups excluding carboxylic acids is 1. The van der Waals surface area contributed by atoms with Crippen LogP contribution in [0.15, 0.2) is 18.2 Å². The summed E-state index contributed by atoms with van der Waals surface area (Å²) in [5, 5.41) is 10.8. The second-order valence-corrected chi connectivity index (χ2v) is 6.26. The molecule has 2 fully saturated rings. The monoisotopic (exact) mass is 295 g/mol. The number of ether oxygens (including phenoxy) is 1. The SMILES string of the molecule is Cc1cc(Cl)ccc1OCC(=O)N1CC(O)(C2CC2)C1. The van der Waals surface area contributed by atoms with Crippen LogP contribution < -0.4 is 4.74 Å². The molecule has 1 heterocycles. The van der Waals surface area contributed by atoms with Gasteiger partial charge in [0.05, 0.1) is 13.1 Å². The molecule has 0 aromatic heterocycles. The maximum absolute atomic E-state index is 12.0. The smallest absolute Gasteiger partial charge is 0.260 e. The highest BCUT2D eigenvalue weighted by atomic mass is 35.5.